The van der Waals surface area contributed by atoms with Crippen molar-refractivity contribution in [1.29, 1.82) is 0 Å². The molecule has 1 aromatic heterocycles. The minimum absolute atomic E-state index is 0.0349. The third-order valence-electron chi connectivity index (χ3n) is 4.69. The molecule has 2 N–H and O–H groups in total. The number of benzene rings is 1. The molecule has 3 heteroatoms. The van der Waals surface area contributed by atoms with Crippen molar-refractivity contribution in [2.75, 3.05) is 0 Å². The second kappa shape index (κ2) is 5.41. The maximum absolute atomic E-state index is 6.68. The highest BCUT2D eigenvalue weighted by atomic mass is 15.3. The monoisotopic (exact) mass is 269 g/mol. The number of hydrogen-bond donors (Lipinski definition) is 1. The van der Waals surface area contributed by atoms with Crippen LogP contribution in [0.15, 0.2) is 42.6 Å². The van der Waals surface area contributed by atoms with E-state index in [-0.39, 0.29) is 11.5 Å². The van der Waals surface area contributed by atoms with Crippen molar-refractivity contribution in [2.45, 2.75) is 50.6 Å². The highest BCUT2D eigenvalue weighted by molar-refractivity contribution is 5.33. The van der Waals surface area contributed by atoms with E-state index in [4.69, 9.17) is 5.73 Å². The summed E-state index contributed by atoms with van der Waals surface area (Å²) in [7, 11) is 0. The molecule has 106 valence electrons. The van der Waals surface area contributed by atoms with E-state index in [1.807, 2.05) is 6.20 Å². The number of rotatable bonds is 5. The van der Waals surface area contributed by atoms with Crippen LogP contribution in [0.3, 0.4) is 0 Å². The molecule has 1 atom stereocenters. The van der Waals surface area contributed by atoms with Gasteiger partial charge in [-0.3, -0.25) is 4.68 Å². The number of aryl methyl sites for hydroxylation is 1. The summed E-state index contributed by atoms with van der Waals surface area (Å²) in [6.07, 6.45) is 6.58. The van der Waals surface area contributed by atoms with E-state index in [1.165, 1.54) is 30.5 Å². The van der Waals surface area contributed by atoms with E-state index in [1.54, 1.807) is 0 Å². The topological polar surface area (TPSA) is 43.8 Å². The van der Waals surface area contributed by atoms with Gasteiger partial charge in [-0.05, 0) is 30.9 Å². The van der Waals surface area contributed by atoms with E-state index < -0.39 is 0 Å². The average Bonchev–Trinajstić information content (AvgIpc) is 2.87. The van der Waals surface area contributed by atoms with Gasteiger partial charge in [0, 0.05) is 18.2 Å². The van der Waals surface area contributed by atoms with Crippen molar-refractivity contribution in [3.63, 3.8) is 0 Å². The van der Waals surface area contributed by atoms with Crippen molar-refractivity contribution < 1.29 is 0 Å². The molecule has 20 heavy (non-hydrogen) atoms. The summed E-state index contributed by atoms with van der Waals surface area (Å²) in [5.74, 6) is 0. The normalized spacial score (nSPS) is 18.5. The molecule has 1 fully saturated rings. The number of nitrogens with two attached hydrogens (primary N) is 1. The van der Waals surface area contributed by atoms with E-state index >= 15 is 0 Å². The second-order valence-corrected chi connectivity index (χ2v) is 5.83. The van der Waals surface area contributed by atoms with Crippen LogP contribution in [-0.4, -0.2) is 9.78 Å². The van der Waals surface area contributed by atoms with E-state index in [2.05, 4.69) is 53.1 Å². The first-order valence-corrected chi connectivity index (χ1v) is 7.61. The third-order valence-corrected chi connectivity index (χ3v) is 4.69. The number of nitrogens with zero attached hydrogens (tertiary/aromatic N) is 2. The first-order valence-electron chi connectivity index (χ1n) is 7.61. The van der Waals surface area contributed by atoms with Crippen molar-refractivity contribution in [3.05, 3.63) is 53.9 Å². The zero-order chi connectivity index (χ0) is 14.0. The van der Waals surface area contributed by atoms with Crippen LogP contribution in [0.2, 0.25) is 0 Å². The van der Waals surface area contributed by atoms with Gasteiger partial charge in [0.05, 0.1) is 11.7 Å². The first-order chi connectivity index (χ1) is 9.78. The smallest absolute Gasteiger partial charge is 0.0565 e. The Morgan fingerprint density at radius 3 is 2.60 bits per heavy atom. The van der Waals surface area contributed by atoms with Crippen LogP contribution in [0, 0.1) is 0 Å². The summed E-state index contributed by atoms with van der Waals surface area (Å²) < 4.78 is 2.08. The Balaban J connectivity index is 1.95. The average molecular weight is 269 g/mol. The van der Waals surface area contributed by atoms with Gasteiger partial charge in [-0.2, -0.15) is 5.10 Å². The van der Waals surface area contributed by atoms with Gasteiger partial charge in [0.2, 0.25) is 0 Å². The molecule has 1 aromatic carbocycles. The van der Waals surface area contributed by atoms with Crippen LogP contribution in [0.4, 0.5) is 0 Å². The van der Waals surface area contributed by atoms with Gasteiger partial charge in [-0.15, -0.1) is 0 Å². The number of hydrogen-bond acceptors (Lipinski definition) is 2. The highest BCUT2D eigenvalue weighted by Gasteiger charge is 2.45. The quantitative estimate of drug-likeness (QED) is 0.904. The largest absolute Gasteiger partial charge is 0.322 e. The molecule has 3 nitrogen and oxygen atoms in total. The minimum Gasteiger partial charge on any atom is -0.322 e. The first kappa shape index (κ1) is 13.4. The standard InChI is InChI=1S/C17H23N3/c1-2-13-20-15(9-12-19-20)16(18)17(10-6-11-17)14-7-4-3-5-8-14/h3-5,7-9,12,16H,2,6,10-11,13,18H2,1H3. The fourth-order valence-electron chi connectivity index (χ4n) is 3.40. The van der Waals surface area contributed by atoms with Gasteiger partial charge < -0.3 is 5.73 Å². The van der Waals surface area contributed by atoms with Crippen LogP contribution in [0.5, 0.6) is 0 Å². The zero-order valence-electron chi connectivity index (χ0n) is 12.1. The molecule has 0 amide bonds. The Morgan fingerprint density at radius 1 is 1.25 bits per heavy atom. The molecule has 2 aromatic rings. The maximum Gasteiger partial charge on any atom is 0.0565 e. The van der Waals surface area contributed by atoms with E-state index in [0.29, 0.717) is 0 Å². The van der Waals surface area contributed by atoms with Crippen molar-refractivity contribution >= 4 is 0 Å². The molecule has 1 aliphatic rings. The molecule has 0 spiro atoms. The Kier molecular flexibility index (Phi) is 3.62. The van der Waals surface area contributed by atoms with Gasteiger partial charge >= 0.3 is 0 Å². The molecular weight excluding hydrogens is 246 g/mol. The predicted molar refractivity (Wildman–Crippen MR) is 81.4 cm³/mol. The molecule has 0 aliphatic heterocycles. The molecule has 1 aliphatic carbocycles. The lowest BCUT2D eigenvalue weighted by atomic mass is 9.59. The van der Waals surface area contributed by atoms with Crippen molar-refractivity contribution in [2.24, 2.45) is 5.73 Å². The lowest BCUT2D eigenvalue weighted by molar-refractivity contribution is 0.189. The summed E-state index contributed by atoms with van der Waals surface area (Å²) in [5.41, 5.74) is 9.34. The van der Waals surface area contributed by atoms with Gasteiger partial charge in [-0.1, -0.05) is 43.7 Å². The summed E-state index contributed by atoms with van der Waals surface area (Å²) in [6, 6.07) is 12.9. The molecule has 3 rings (SSSR count). The molecule has 1 unspecified atom stereocenters. The Bertz CT molecular complexity index is 555. The molecule has 1 saturated carbocycles. The van der Waals surface area contributed by atoms with E-state index in [0.717, 1.165) is 13.0 Å². The maximum atomic E-state index is 6.68. The second-order valence-electron chi connectivity index (χ2n) is 5.83. The summed E-state index contributed by atoms with van der Waals surface area (Å²) in [6.45, 7) is 3.12. The Labute approximate surface area is 120 Å². The molecule has 0 bridgehead atoms. The van der Waals surface area contributed by atoms with Crippen LogP contribution in [-0.2, 0) is 12.0 Å². The molecule has 0 saturated heterocycles. The van der Waals surface area contributed by atoms with Gasteiger partial charge in [0.25, 0.3) is 0 Å². The lowest BCUT2D eigenvalue weighted by Gasteiger charge is -2.47. The number of aromatic nitrogens is 2. The van der Waals surface area contributed by atoms with Crippen LogP contribution in [0.25, 0.3) is 0 Å². The summed E-state index contributed by atoms with van der Waals surface area (Å²) in [4.78, 5) is 0. The molecule has 1 heterocycles. The summed E-state index contributed by atoms with van der Waals surface area (Å²) in [5, 5.41) is 4.43. The van der Waals surface area contributed by atoms with Gasteiger partial charge in [0.1, 0.15) is 0 Å². The Morgan fingerprint density at radius 2 is 2.00 bits per heavy atom. The van der Waals surface area contributed by atoms with Gasteiger partial charge in [-0.25, -0.2) is 0 Å². The molecule has 0 radical (unpaired) electrons. The molecular formula is C17H23N3. The van der Waals surface area contributed by atoms with Crippen LogP contribution < -0.4 is 5.73 Å². The minimum atomic E-state index is 0.0349. The van der Waals surface area contributed by atoms with Crippen LogP contribution >= 0.6 is 0 Å². The fraction of sp³-hybridized carbons (Fsp3) is 0.471. The fourth-order valence-corrected chi connectivity index (χ4v) is 3.40. The highest BCUT2D eigenvalue weighted by Crippen LogP contribution is 2.50. The van der Waals surface area contributed by atoms with Gasteiger partial charge in [0.15, 0.2) is 0 Å². The lowest BCUT2D eigenvalue weighted by Crippen LogP contribution is -2.45. The van der Waals surface area contributed by atoms with Crippen molar-refractivity contribution in [3.8, 4) is 0 Å². The zero-order valence-corrected chi connectivity index (χ0v) is 12.1. The SMILES string of the molecule is CCCn1nccc1C(N)C1(c2ccccc2)CCC1. The van der Waals surface area contributed by atoms with Crippen LogP contribution in [0.1, 0.15) is 49.9 Å². The van der Waals surface area contributed by atoms with E-state index in [9.17, 15) is 0 Å². The third kappa shape index (κ3) is 2.06. The van der Waals surface area contributed by atoms with Crippen molar-refractivity contribution in [1.82, 2.24) is 9.78 Å². The Hall–Kier alpha value is -1.61. The summed E-state index contributed by atoms with van der Waals surface area (Å²) >= 11 is 0. The predicted octanol–water partition coefficient (Wildman–Crippen LogP) is 3.41.